The van der Waals surface area contributed by atoms with Crippen molar-refractivity contribution in [2.24, 2.45) is 5.10 Å². The van der Waals surface area contributed by atoms with Gasteiger partial charge in [-0.05, 0) is 52.7 Å². The van der Waals surface area contributed by atoms with Gasteiger partial charge in [0.1, 0.15) is 5.54 Å². The fourth-order valence-corrected chi connectivity index (χ4v) is 3.24. The minimum Gasteiger partial charge on any atom is -0.324 e. The van der Waals surface area contributed by atoms with Crippen LogP contribution >= 0.6 is 0 Å². The van der Waals surface area contributed by atoms with E-state index in [4.69, 9.17) is 0 Å². The maximum atomic E-state index is 12.1. The van der Waals surface area contributed by atoms with Crippen LogP contribution in [0.25, 0.3) is 0 Å². The molecule has 2 rings (SSSR count). The van der Waals surface area contributed by atoms with Crippen LogP contribution in [-0.4, -0.2) is 40.5 Å². The van der Waals surface area contributed by atoms with E-state index in [1.54, 1.807) is 13.8 Å². The average Bonchev–Trinajstić information content (AvgIpc) is 2.70. The zero-order chi connectivity index (χ0) is 19.6. The molecule has 0 saturated carbocycles. The molecule has 26 heavy (non-hydrogen) atoms. The maximum absolute atomic E-state index is 12.1. The minimum absolute atomic E-state index is 0.00210. The number of carbonyl (C=O) groups excluding carboxylic acids is 3. The van der Waals surface area contributed by atoms with Crippen LogP contribution in [0.5, 0.6) is 0 Å². The Hall–Kier alpha value is -2.70. The van der Waals surface area contributed by atoms with Gasteiger partial charge in [-0.25, -0.2) is 10.2 Å². The third-order valence-electron chi connectivity index (χ3n) is 4.39. The van der Waals surface area contributed by atoms with Crippen molar-refractivity contribution in [2.75, 3.05) is 6.54 Å². The summed E-state index contributed by atoms with van der Waals surface area (Å²) in [4.78, 5) is 37.0. The summed E-state index contributed by atoms with van der Waals surface area (Å²) in [7, 11) is 0. The van der Waals surface area contributed by atoms with Crippen LogP contribution in [0.4, 0.5) is 4.79 Å². The van der Waals surface area contributed by atoms with Crippen LogP contribution < -0.4 is 10.7 Å². The number of nitrogens with one attached hydrogen (secondary N) is 2. The lowest BCUT2D eigenvalue weighted by Gasteiger charge is -2.15. The van der Waals surface area contributed by atoms with Crippen molar-refractivity contribution >= 4 is 23.6 Å². The highest BCUT2D eigenvalue weighted by atomic mass is 16.2. The molecule has 0 atom stereocenters. The molecule has 2 N–H and O–H groups in total. The van der Waals surface area contributed by atoms with Crippen LogP contribution in [0, 0.1) is 20.8 Å². The highest BCUT2D eigenvalue weighted by molar-refractivity contribution is 6.06. The molecule has 0 radical (unpaired) electrons. The summed E-state index contributed by atoms with van der Waals surface area (Å²) in [6.45, 7) is 11.2. The average molecular weight is 358 g/mol. The van der Waals surface area contributed by atoms with Crippen LogP contribution in [0.1, 0.15) is 49.4 Å². The Morgan fingerprint density at radius 1 is 1.19 bits per heavy atom. The maximum Gasteiger partial charge on any atom is 0.325 e. The molecule has 0 aromatic heterocycles. The Balaban J connectivity index is 1.98. The van der Waals surface area contributed by atoms with Crippen molar-refractivity contribution in [1.29, 1.82) is 0 Å². The summed E-state index contributed by atoms with van der Waals surface area (Å²) in [6.07, 6.45) is -0.00210. The number of hydrogen-bond donors (Lipinski definition) is 2. The smallest absolute Gasteiger partial charge is 0.324 e. The van der Waals surface area contributed by atoms with E-state index in [1.165, 1.54) is 5.56 Å². The molecule has 0 unspecified atom stereocenters. The topological polar surface area (TPSA) is 90.9 Å². The molecule has 4 amide bonds. The molecule has 1 fully saturated rings. The molecule has 1 aromatic rings. The summed E-state index contributed by atoms with van der Waals surface area (Å²) in [5.74, 6) is -0.682. The molecule has 1 saturated heterocycles. The number of hydrogen-bond acceptors (Lipinski definition) is 4. The number of benzene rings is 1. The second-order valence-corrected chi connectivity index (χ2v) is 7.27. The third kappa shape index (κ3) is 4.09. The monoisotopic (exact) mass is 358 g/mol. The molecule has 1 aliphatic rings. The fraction of sp³-hybridized carbons (Fsp3) is 0.474. The molecule has 0 aliphatic carbocycles. The Morgan fingerprint density at radius 3 is 2.27 bits per heavy atom. The first-order valence-electron chi connectivity index (χ1n) is 8.58. The predicted octanol–water partition coefficient (Wildman–Crippen LogP) is 2.17. The standard InChI is InChI=1S/C19H26N4O3/c1-11-9-12(2)16(13(3)10-11)14(4)21-22-15(24)7-8-23-17(25)19(5,6)20-18(23)26/h9-10H,7-8H2,1-6H3,(H,20,26)(H,22,24)/b21-14-. The summed E-state index contributed by atoms with van der Waals surface area (Å²) in [5, 5.41) is 6.75. The summed E-state index contributed by atoms with van der Waals surface area (Å²) < 4.78 is 0. The largest absolute Gasteiger partial charge is 0.325 e. The summed E-state index contributed by atoms with van der Waals surface area (Å²) in [6, 6.07) is 3.67. The molecule has 1 heterocycles. The van der Waals surface area contributed by atoms with Gasteiger partial charge in [0.15, 0.2) is 0 Å². The number of hydrazone groups is 1. The Bertz CT molecular complexity index is 773. The quantitative estimate of drug-likeness (QED) is 0.480. The number of aryl methyl sites for hydroxylation is 3. The van der Waals surface area contributed by atoms with E-state index in [0.717, 1.165) is 21.6 Å². The number of amides is 4. The zero-order valence-electron chi connectivity index (χ0n) is 16.2. The van der Waals surface area contributed by atoms with Gasteiger partial charge in [0.25, 0.3) is 5.91 Å². The molecular formula is C19H26N4O3. The molecule has 1 aromatic carbocycles. The Labute approximate surface area is 153 Å². The van der Waals surface area contributed by atoms with E-state index in [1.807, 2.05) is 27.7 Å². The van der Waals surface area contributed by atoms with Crippen molar-refractivity contribution in [1.82, 2.24) is 15.6 Å². The van der Waals surface area contributed by atoms with Crippen molar-refractivity contribution in [3.8, 4) is 0 Å². The fourth-order valence-electron chi connectivity index (χ4n) is 3.24. The van der Waals surface area contributed by atoms with Crippen LogP contribution in [0.2, 0.25) is 0 Å². The van der Waals surface area contributed by atoms with E-state index in [9.17, 15) is 14.4 Å². The van der Waals surface area contributed by atoms with E-state index in [0.29, 0.717) is 5.71 Å². The lowest BCUT2D eigenvalue weighted by molar-refractivity contribution is -0.130. The molecule has 0 spiro atoms. The first-order chi connectivity index (χ1) is 12.0. The van der Waals surface area contributed by atoms with Crippen molar-refractivity contribution in [3.63, 3.8) is 0 Å². The van der Waals surface area contributed by atoms with Crippen molar-refractivity contribution < 1.29 is 14.4 Å². The summed E-state index contributed by atoms with van der Waals surface area (Å²) >= 11 is 0. The van der Waals surface area contributed by atoms with Gasteiger partial charge in [0.05, 0.1) is 5.71 Å². The predicted molar refractivity (Wildman–Crippen MR) is 99.9 cm³/mol. The van der Waals surface area contributed by atoms with Gasteiger partial charge in [-0.15, -0.1) is 0 Å². The normalized spacial score (nSPS) is 16.7. The van der Waals surface area contributed by atoms with Gasteiger partial charge < -0.3 is 5.32 Å². The molecule has 7 nitrogen and oxygen atoms in total. The SMILES string of the molecule is C/C(=N/NC(=O)CCN1C(=O)NC(C)(C)C1=O)c1c(C)cc(C)cc1C. The molecule has 140 valence electrons. The molecular weight excluding hydrogens is 332 g/mol. The number of rotatable bonds is 5. The first-order valence-corrected chi connectivity index (χ1v) is 8.58. The highest BCUT2D eigenvalue weighted by Crippen LogP contribution is 2.18. The van der Waals surface area contributed by atoms with Gasteiger partial charge >= 0.3 is 6.03 Å². The number of imide groups is 1. The van der Waals surface area contributed by atoms with Gasteiger partial charge in [-0.1, -0.05) is 17.7 Å². The van der Waals surface area contributed by atoms with Crippen molar-refractivity contribution in [2.45, 2.75) is 53.5 Å². The van der Waals surface area contributed by atoms with Gasteiger partial charge in [-0.2, -0.15) is 5.10 Å². The number of nitrogens with zero attached hydrogens (tertiary/aromatic N) is 2. The lowest BCUT2D eigenvalue weighted by atomic mass is 9.97. The van der Waals surface area contributed by atoms with Crippen LogP contribution in [0.3, 0.4) is 0 Å². The number of carbonyl (C=O) groups is 3. The second-order valence-electron chi connectivity index (χ2n) is 7.27. The highest BCUT2D eigenvalue weighted by Gasteiger charge is 2.43. The minimum atomic E-state index is -0.928. The summed E-state index contributed by atoms with van der Waals surface area (Å²) in [5.41, 5.74) is 6.67. The first kappa shape index (κ1) is 19.6. The molecule has 1 aliphatic heterocycles. The van der Waals surface area contributed by atoms with Gasteiger partial charge in [-0.3, -0.25) is 14.5 Å². The van der Waals surface area contributed by atoms with Gasteiger partial charge in [0.2, 0.25) is 5.91 Å². The van der Waals surface area contributed by atoms with Crippen molar-refractivity contribution in [3.05, 3.63) is 34.4 Å². The van der Waals surface area contributed by atoms with E-state index < -0.39 is 11.6 Å². The van der Waals surface area contributed by atoms with Crippen LogP contribution in [0.15, 0.2) is 17.2 Å². The molecule has 0 bridgehead atoms. The molecule has 7 heteroatoms. The van der Waals surface area contributed by atoms with E-state index in [2.05, 4.69) is 28.0 Å². The number of urea groups is 1. The second kappa shape index (κ2) is 7.27. The Kier molecular flexibility index (Phi) is 5.49. The van der Waals surface area contributed by atoms with Crippen LogP contribution in [-0.2, 0) is 9.59 Å². The van der Waals surface area contributed by atoms with Gasteiger partial charge in [0, 0.05) is 18.5 Å². The third-order valence-corrected chi connectivity index (χ3v) is 4.39. The Morgan fingerprint density at radius 2 is 1.77 bits per heavy atom. The van der Waals surface area contributed by atoms with E-state index >= 15 is 0 Å². The van der Waals surface area contributed by atoms with E-state index in [-0.39, 0.29) is 24.8 Å². The lowest BCUT2D eigenvalue weighted by Crippen LogP contribution is -2.40. The zero-order valence-corrected chi connectivity index (χ0v) is 16.2.